The Morgan fingerprint density at radius 1 is 1.12 bits per heavy atom. The Morgan fingerprint density at radius 2 is 1.73 bits per heavy atom. The molecule has 0 unspecified atom stereocenters. The highest BCUT2D eigenvalue weighted by molar-refractivity contribution is 5.88. The molecule has 5 nitrogen and oxygen atoms in total. The Balaban J connectivity index is 1.95. The SMILES string of the molecule is C[C@H](N[C@H]1CC(c2ccccc2)=C[C@@H](c2ccccc2)NC1=O)C(N)=O. The second kappa shape index (κ2) is 7.97. The summed E-state index contributed by atoms with van der Waals surface area (Å²) in [6.45, 7) is 1.67. The van der Waals surface area contributed by atoms with E-state index in [1.165, 1.54) is 0 Å². The molecule has 1 aliphatic heterocycles. The van der Waals surface area contributed by atoms with Crippen molar-refractivity contribution in [3.63, 3.8) is 0 Å². The normalized spacial score (nSPS) is 21.3. The van der Waals surface area contributed by atoms with E-state index in [4.69, 9.17) is 5.73 Å². The lowest BCUT2D eigenvalue weighted by Crippen LogP contribution is -2.51. The number of rotatable bonds is 5. The van der Waals surface area contributed by atoms with E-state index in [-0.39, 0.29) is 11.9 Å². The minimum Gasteiger partial charge on any atom is -0.368 e. The summed E-state index contributed by atoms with van der Waals surface area (Å²) < 4.78 is 0. The van der Waals surface area contributed by atoms with Gasteiger partial charge in [0, 0.05) is 0 Å². The molecule has 2 amide bonds. The largest absolute Gasteiger partial charge is 0.368 e. The fourth-order valence-corrected chi connectivity index (χ4v) is 3.10. The molecular formula is C21H23N3O2. The molecule has 4 N–H and O–H groups in total. The van der Waals surface area contributed by atoms with Gasteiger partial charge in [0.05, 0.1) is 18.1 Å². The Labute approximate surface area is 153 Å². The first-order chi connectivity index (χ1) is 12.5. The molecule has 0 saturated heterocycles. The predicted octanol–water partition coefficient (Wildman–Crippen LogP) is 2.16. The van der Waals surface area contributed by atoms with Crippen LogP contribution >= 0.6 is 0 Å². The molecule has 0 spiro atoms. The summed E-state index contributed by atoms with van der Waals surface area (Å²) in [6, 6.07) is 18.4. The van der Waals surface area contributed by atoms with Crippen LogP contribution in [0.1, 0.15) is 30.5 Å². The zero-order valence-electron chi connectivity index (χ0n) is 14.7. The minimum absolute atomic E-state index is 0.144. The highest BCUT2D eigenvalue weighted by atomic mass is 16.2. The number of hydrogen-bond acceptors (Lipinski definition) is 3. The highest BCUT2D eigenvalue weighted by Gasteiger charge is 2.29. The Hall–Kier alpha value is -2.92. The second-order valence-electron chi connectivity index (χ2n) is 6.50. The molecule has 2 aromatic carbocycles. The Morgan fingerprint density at radius 3 is 2.35 bits per heavy atom. The molecule has 0 saturated carbocycles. The summed E-state index contributed by atoms with van der Waals surface area (Å²) in [5, 5.41) is 6.11. The van der Waals surface area contributed by atoms with Gasteiger partial charge in [-0.1, -0.05) is 66.7 Å². The summed E-state index contributed by atoms with van der Waals surface area (Å²) >= 11 is 0. The van der Waals surface area contributed by atoms with Crippen LogP contribution in [0.5, 0.6) is 0 Å². The molecule has 0 aliphatic carbocycles. The summed E-state index contributed by atoms with van der Waals surface area (Å²) in [5.74, 6) is -0.624. The predicted molar refractivity (Wildman–Crippen MR) is 102 cm³/mol. The maximum atomic E-state index is 12.8. The lowest BCUT2D eigenvalue weighted by molar-refractivity contribution is -0.124. The maximum absolute atomic E-state index is 12.8. The number of nitrogens with one attached hydrogen (secondary N) is 2. The number of primary amides is 1. The third-order valence-corrected chi connectivity index (χ3v) is 4.59. The van der Waals surface area contributed by atoms with Gasteiger partial charge in [0.2, 0.25) is 11.8 Å². The van der Waals surface area contributed by atoms with Gasteiger partial charge in [-0.2, -0.15) is 0 Å². The van der Waals surface area contributed by atoms with Crippen molar-refractivity contribution in [2.45, 2.75) is 31.5 Å². The molecule has 0 radical (unpaired) electrons. The van der Waals surface area contributed by atoms with E-state index in [1.807, 2.05) is 60.7 Å². The summed E-state index contributed by atoms with van der Waals surface area (Å²) in [7, 11) is 0. The van der Waals surface area contributed by atoms with E-state index in [1.54, 1.807) is 6.92 Å². The lowest BCUT2D eigenvalue weighted by atomic mass is 9.96. The molecule has 2 aromatic rings. The van der Waals surface area contributed by atoms with Gasteiger partial charge in [0.15, 0.2) is 0 Å². The summed E-state index contributed by atoms with van der Waals surface area (Å²) in [4.78, 5) is 24.2. The fraction of sp³-hybridized carbons (Fsp3) is 0.238. The summed E-state index contributed by atoms with van der Waals surface area (Å²) in [6.07, 6.45) is 2.57. The average Bonchev–Trinajstić information content (AvgIpc) is 2.82. The molecule has 0 fully saturated rings. The zero-order chi connectivity index (χ0) is 18.5. The van der Waals surface area contributed by atoms with E-state index in [9.17, 15) is 9.59 Å². The number of amides is 2. The quantitative estimate of drug-likeness (QED) is 0.773. The number of benzene rings is 2. The van der Waals surface area contributed by atoms with Crippen molar-refractivity contribution in [2.24, 2.45) is 5.73 Å². The first-order valence-corrected chi connectivity index (χ1v) is 8.71. The van der Waals surface area contributed by atoms with Crippen LogP contribution in [0.4, 0.5) is 0 Å². The van der Waals surface area contributed by atoms with E-state index in [0.717, 1.165) is 16.7 Å². The first kappa shape index (κ1) is 17.9. The molecule has 5 heteroatoms. The second-order valence-corrected chi connectivity index (χ2v) is 6.50. The van der Waals surface area contributed by atoms with Gasteiger partial charge >= 0.3 is 0 Å². The third-order valence-electron chi connectivity index (χ3n) is 4.59. The molecule has 134 valence electrons. The van der Waals surface area contributed by atoms with Gasteiger partial charge in [0.25, 0.3) is 0 Å². The molecular weight excluding hydrogens is 326 g/mol. The van der Waals surface area contributed by atoms with Crippen LogP contribution in [-0.4, -0.2) is 23.9 Å². The fourth-order valence-electron chi connectivity index (χ4n) is 3.10. The van der Waals surface area contributed by atoms with E-state index >= 15 is 0 Å². The van der Waals surface area contributed by atoms with Crippen LogP contribution in [0.25, 0.3) is 5.57 Å². The van der Waals surface area contributed by atoms with Crippen molar-refractivity contribution in [3.05, 3.63) is 77.9 Å². The van der Waals surface area contributed by atoms with Gasteiger partial charge in [-0.05, 0) is 30.0 Å². The van der Waals surface area contributed by atoms with Crippen LogP contribution in [0.2, 0.25) is 0 Å². The van der Waals surface area contributed by atoms with Gasteiger partial charge in [-0.25, -0.2) is 0 Å². The van der Waals surface area contributed by atoms with Crippen molar-refractivity contribution in [1.29, 1.82) is 0 Å². The maximum Gasteiger partial charge on any atom is 0.238 e. The van der Waals surface area contributed by atoms with E-state index < -0.39 is 18.0 Å². The van der Waals surface area contributed by atoms with Gasteiger partial charge < -0.3 is 11.1 Å². The standard InChI is InChI=1S/C21H23N3O2/c1-14(20(22)25)23-19-13-17(15-8-4-2-5-9-15)12-18(24-21(19)26)16-10-6-3-7-11-16/h2-12,14,18-19,23H,13H2,1H3,(H2,22,25)(H,24,26)/t14-,18-,19-/m0/s1. The molecule has 3 rings (SSSR count). The molecule has 3 atom stereocenters. The number of nitrogens with two attached hydrogens (primary N) is 1. The number of hydrogen-bond donors (Lipinski definition) is 3. The van der Waals surface area contributed by atoms with Crippen LogP contribution in [0.15, 0.2) is 66.7 Å². The summed E-state index contributed by atoms with van der Waals surface area (Å²) in [5.41, 5.74) is 8.47. The zero-order valence-corrected chi connectivity index (χ0v) is 14.7. The van der Waals surface area contributed by atoms with Crippen molar-refractivity contribution in [3.8, 4) is 0 Å². The van der Waals surface area contributed by atoms with Crippen LogP contribution < -0.4 is 16.4 Å². The van der Waals surface area contributed by atoms with E-state index in [2.05, 4.69) is 16.7 Å². The van der Waals surface area contributed by atoms with Crippen LogP contribution in [0, 0.1) is 0 Å². The smallest absolute Gasteiger partial charge is 0.238 e. The topological polar surface area (TPSA) is 84.2 Å². The van der Waals surface area contributed by atoms with Crippen LogP contribution in [-0.2, 0) is 9.59 Å². The van der Waals surface area contributed by atoms with Crippen molar-refractivity contribution >= 4 is 17.4 Å². The average molecular weight is 349 g/mol. The third kappa shape index (κ3) is 4.18. The monoisotopic (exact) mass is 349 g/mol. The molecule has 1 aliphatic rings. The molecule has 0 bridgehead atoms. The molecule has 26 heavy (non-hydrogen) atoms. The van der Waals surface area contributed by atoms with Gasteiger partial charge in [-0.15, -0.1) is 0 Å². The minimum atomic E-state index is -0.587. The highest BCUT2D eigenvalue weighted by Crippen LogP contribution is 2.28. The number of carbonyl (C=O) groups excluding carboxylic acids is 2. The molecule has 0 aromatic heterocycles. The lowest BCUT2D eigenvalue weighted by Gasteiger charge is -2.21. The van der Waals surface area contributed by atoms with E-state index in [0.29, 0.717) is 6.42 Å². The molecule has 1 heterocycles. The van der Waals surface area contributed by atoms with Crippen molar-refractivity contribution in [1.82, 2.24) is 10.6 Å². The Bertz CT molecular complexity index is 803. The van der Waals surface area contributed by atoms with Crippen molar-refractivity contribution in [2.75, 3.05) is 0 Å². The first-order valence-electron chi connectivity index (χ1n) is 8.71. The van der Waals surface area contributed by atoms with Crippen LogP contribution in [0.3, 0.4) is 0 Å². The van der Waals surface area contributed by atoms with Gasteiger partial charge in [0.1, 0.15) is 0 Å². The number of carbonyl (C=O) groups is 2. The van der Waals surface area contributed by atoms with Crippen molar-refractivity contribution < 1.29 is 9.59 Å². The Kier molecular flexibility index (Phi) is 5.49. The van der Waals surface area contributed by atoms with Gasteiger partial charge in [-0.3, -0.25) is 14.9 Å².